The minimum Gasteiger partial charge on any atom is -0.481 e. The first-order valence-electron chi connectivity index (χ1n) is 11.8. The van der Waals surface area contributed by atoms with E-state index in [1.54, 1.807) is 0 Å². The van der Waals surface area contributed by atoms with Gasteiger partial charge in [0.2, 0.25) is 11.8 Å². The summed E-state index contributed by atoms with van der Waals surface area (Å²) in [6.45, 7) is 5.37. The molecular weight excluding hydrogens is 468 g/mol. The summed E-state index contributed by atoms with van der Waals surface area (Å²) in [6, 6.07) is 0. The zero-order chi connectivity index (χ0) is 26.0. The second-order valence-electron chi connectivity index (χ2n) is 7.26. The molecule has 0 aromatic heterocycles. The Bertz CT molecular complexity index is 528. The van der Waals surface area contributed by atoms with Crippen molar-refractivity contribution < 1.29 is 53.1 Å². The molecule has 0 radical (unpaired) electrons. The highest BCUT2D eigenvalue weighted by Gasteiger charge is 2.05. The molecule has 0 rings (SSSR count). The van der Waals surface area contributed by atoms with Crippen LogP contribution >= 0.6 is 0 Å². The van der Waals surface area contributed by atoms with Gasteiger partial charge in [0.1, 0.15) is 0 Å². The topological polar surface area (TPSA) is 179 Å². The Hall–Kier alpha value is -2.32. The third-order valence-electron chi connectivity index (χ3n) is 4.20. The lowest BCUT2D eigenvalue weighted by Crippen LogP contribution is -2.25. The fraction of sp³-hybridized carbons (Fsp3) is 0.818. The minimum absolute atomic E-state index is 0.0174. The number of carbonyl (C=O) groups excluding carboxylic acids is 2. The van der Waals surface area contributed by atoms with Gasteiger partial charge in [0.15, 0.2) is 0 Å². The molecule has 4 N–H and O–H groups in total. The van der Waals surface area contributed by atoms with Crippen molar-refractivity contribution >= 4 is 23.8 Å². The van der Waals surface area contributed by atoms with Crippen LogP contribution < -0.4 is 10.6 Å². The second-order valence-corrected chi connectivity index (χ2v) is 7.26. The van der Waals surface area contributed by atoms with Crippen LogP contribution in [0.5, 0.6) is 0 Å². The molecule has 0 spiro atoms. The van der Waals surface area contributed by atoms with Gasteiger partial charge in [0.25, 0.3) is 0 Å². The molecule has 0 unspecified atom stereocenters. The van der Waals surface area contributed by atoms with Gasteiger partial charge < -0.3 is 44.5 Å². The first kappa shape index (κ1) is 32.7. The van der Waals surface area contributed by atoms with Crippen molar-refractivity contribution in [2.45, 2.75) is 38.5 Å². The van der Waals surface area contributed by atoms with Crippen LogP contribution in [0.4, 0.5) is 0 Å². The number of aliphatic carboxylic acids is 2. The highest BCUT2D eigenvalue weighted by Crippen LogP contribution is 1.91. The SMILES string of the molecule is O=C(O)CCC(=O)NCCCOCCOCCOCCOCCOCCCNC(=O)CCC(=O)O. The normalized spacial score (nSPS) is 10.7. The molecule has 204 valence electrons. The molecule has 35 heavy (non-hydrogen) atoms. The van der Waals surface area contributed by atoms with Gasteiger partial charge in [-0.05, 0) is 12.8 Å². The van der Waals surface area contributed by atoms with Crippen LogP contribution in [0.3, 0.4) is 0 Å². The van der Waals surface area contributed by atoms with E-state index in [0.717, 1.165) is 0 Å². The Balaban J connectivity index is 3.16. The molecule has 0 aliphatic heterocycles. The Morgan fingerprint density at radius 2 is 0.743 bits per heavy atom. The lowest BCUT2D eigenvalue weighted by Gasteiger charge is -2.08. The third-order valence-corrected chi connectivity index (χ3v) is 4.20. The van der Waals surface area contributed by atoms with Crippen LogP contribution in [0.1, 0.15) is 38.5 Å². The number of hydrogen-bond donors (Lipinski definition) is 4. The summed E-state index contributed by atoms with van der Waals surface area (Å²) in [4.78, 5) is 43.3. The molecule has 0 bridgehead atoms. The molecular formula is C22H40N2O11. The first-order chi connectivity index (χ1) is 16.9. The van der Waals surface area contributed by atoms with Crippen molar-refractivity contribution in [3.63, 3.8) is 0 Å². The zero-order valence-corrected chi connectivity index (χ0v) is 20.3. The fourth-order valence-corrected chi connectivity index (χ4v) is 2.40. The number of ether oxygens (including phenoxy) is 5. The predicted octanol–water partition coefficient (Wildman–Crippen LogP) is -0.188. The Morgan fingerprint density at radius 1 is 0.457 bits per heavy atom. The molecule has 0 aliphatic rings. The minimum atomic E-state index is -0.990. The average Bonchev–Trinajstić information content (AvgIpc) is 2.82. The van der Waals surface area contributed by atoms with E-state index >= 15 is 0 Å². The van der Waals surface area contributed by atoms with Crippen LogP contribution in [-0.2, 0) is 42.9 Å². The van der Waals surface area contributed by atoms with Gasteiger partial charge in [-0.2, -0.15) is 0 Å². The van der Waals surface area contributed by atoms with Gasteiger partial charge in [0.05, 0.1) is 65.7 Å². The van der Waals surface area contributed by atoms with E-state index in [9.17, 15) is 19.2 Å². The molecule has 0 atom stereocenters. The van der Waals surface area contributed by atoms with Crippen LogP contribution in [0, 0.1) is 0 Å². The molecule has 2 amide bonds. The van der Waals surface area contributed by atoms with E-state index in [0.29, 0.717) is 92.0 Å². The fourth-order valence-electron chi connectivity index (χ4n) is 2.40. The molecule has 13 nitrogen and oxygen atoms in total. The summed E-state index contributed by atoms with van der Waals surface area (Å²) >= 11 is 0. The third kappa shape index (κ3) is 27.8. The van der Waals surface area contributed by atoms with Gasteiger partial charge in [-0.3, -0.25) is 19.2 Å². The maximum atomic E-state index is 11.3. The maximum absolute atomic E-state index is 11.3. The smallest absolute Gasteiger partial charge is 0.303 e. The summed E-state index contributed by atoms with van der Waals surface area (Å²) in [5.41, 5.74) is 0. The van der Waals surface area contributed by atoms with Crippen molar-refractivity contribution in [3.8, 4) is 0 Å². The van der Waals surface area contributed by atoms with Crippen molar-refractivity contribution in [1.82, 2.24) is 10.6 Å². The second kappa shape index (κ2) is 24.8. The predicted molar refractivity (Wildman–Crippen MR) is 123 cm³/mol. The number of nitrogens with one attached hydrogen (secondary N) is 2. The highest BCUT2D eigenvalue weighted by molar-refractivity contribution is 5.81. The number of rotatable bonds is 26. The molecule has 0 saturated carbocycles. The van der Waals surface area contributed by atoms with E-state index < -0.39 is 11.9 Å². The summed E-state index contributed by atoms with van der Waals surface area (Å²) in [6.07, 6.45) is 0.906. The van der Waals surface area contributed by atoms with Crippen molar-refractivity contribution in [2.75, 3.05) is 79.2 Å². The highest BCUT2D eigenvalue weighted by atomic mass is 16.6. The van der Waals surface area contributed by atoms with Gasteiger partial charge in [-0.25, -0.2) is 0 Å². The molecule has 0 aromatic rings. The lowest BCUT2D eigenvalue weighted by molar-refractivity contribution is -0.139. The van der Waals surface area contributed by atoms with E-state index in [1.165, 1.54) is 0 Å². The Morgan fingerprint density at radius 3 is 1.03 bits per heavy atom. The van der Waals surface area contributed by atoms with Gasteiger partial charge >= 0.3 is 11.9 Å². The van der Waals surface area contributed by atoms with Crippen molar-refractivity contribution in [3.05, 3.63) is 0 Å². The van der Waals surface area contributed by atoms with E-state index in [4.69, 9.17) is 33.9 Å². The van der Waals surface area contributed by atoms with Crippen molar-refractivity contribution in [2.24, 2.45) is 0 Å². The molecule has 13 heteroatoms. The maximum Gasteiger partial charge on any atom is 0.303 e. The number of carboxylic acid groups (broad SMARTS) is 2. The van der Waals surface area contributed by atoms with E-state index in [1.807, 2.05) is 0 Å². The number of amides is 2. The molecule has 0 saturated heterocycles. The number of hydrogen-bond acceptors (Lipinski definition) is 9. The number of carbonyl (C=O) groups is 4. The molecule has 0 aromatic carbocycles. The summed E-state index contributed by atoms with van der Waals surface area (Å²) in [7, 11) is 0. The summed E-state index contributed by atoms with van der Waals surface area (Å²) < 4.78 is 26.9. The van der Waals surface area contributed by atoms with Crippen LogP contribution in [0.15, 0.2) is 0 Å². The average molecular weight is 509 g/mol. The molecule has 0 aliphatic carbocycles. The largest absolute Gasteiger partial charge is 0.481 e. The van der Waals surface area contributed by atoms with Gasteiger partial charge in [-0.15, -0.1) is 0 Å². The van der Waals surface area contributed by atoms with Gasteiger partial charge in [-0.1, -0.05) is 0 Å². The monoisotopic (exact) mass is 508 g/mol. The quantitative estimate of drug-likeness (QED) is 0.114. The molecule has 0 heterocycles. The zero-order valence-electron chi connectivity index (χ0n) is 20.3. The Labute approximate surface area is 205 Å². The summed E-state index contributed by atoms with van der Waals surface area (Å²) in [5, 5.41) is 22.2. The lowest BCUT2D eigenvalue weighted by atomic mass is 10.3. The van der Waals surface area contributed by atoms with Gasteiger partial charge in [0, 0.05) is 39.1 Å². The first-order valence-corrected chi connectivity index (χ1v) is 11.8. The van der Waals surface area contributed by atoms with E-state index in [-0.39, 0.29) is 37.5 Å². The standard InChI is InChI=1S/C22H40N2O11/c25-19(3-5-21(27)28)23-7-1-9-31-11-13-33-15-17-35-18-16-34-14-12-32-10-2-8-24-20(26)4-6-22(29)30/h1-18H2,(H,23,25)(H,24,26)(H,27,28)(H,29,30). The molecule has 0 fully saturated rings. The van der Waals surface area contributed by atoms with E-state index in [2.05, 4.69) is 10.6 Å². The van der Waals surface area contributed by atoms with Crippen LogP contribution in [-0.4, -0.2) is 113 Å². The number of carboxylic acids is 2. The van der Waals surface area contributed by atoms with Crippen LogP contribution in [0.2, 0.25) is 0 Å². The van der Waals surface area contributed by atoms with Crippen molar-refractivity contribution in [1.29, 1.82) is 0 Å². The van der Waals surface area contributed by atoms with Crippen LogP contribution in [0.25, 0.3) is 0 Å². The Kier molecular flexibility index (Phi) is 23.2. The summed E-state index contributed by atoms with van der Waals surface area (Å²) in [5.74, 6) is -2.53.